The molecule has 0 unspecified atom stereocenters. The first-order valence-electron chi connectivity index (χ1n) is 5.58. The third-order valence-corrected chi connectivity index (χ3v) is 5.77. The fraction of sp³-hybridized carbons (Fsp3) is 0.0769. The van der Waals surface area contributed by atoms with E-state index in [0.29, 0.717) is 14.5 Å². The molecular formula is C13H10Br2FNO2S. The Hall–Kier alpha value is -0.760. The quantitative estimate of drug-likeness (QED) is 0.813. The first-order chi connectivity index (χ1) is 9.40. The Morgan fingerprint density at radius 3 is 2.45 bits per heavy atom. The lowest BCUT2D eigenvalue weighted by Crippen LogP contribution is -2.23. The van der Waals surface area contributed by atoms with Gasteiger partial charge in [0.2, 0.25) is 10.0 Å². The zero-order valence-electron chi connectivity index (χ0n) is 10.1. The highest BCUT2D eigenvalue weighted by atomic mass is 79.9. The molecule has 3 nitrogen and oxygen atoms in total. The van der Waals surface area contributed by atoms with Crippen molar-refractivity contribution in [3.05, 3.63) is 62.8 Å². The third kappa shape index (κ3) is 3.66. The molecule has 0 bridgehead atoms. The molecule has 0 aromatic heterocycles. The van der Waals surface area contributed by atoms with Crippen LogP contribution in [-0.4, -0.2) is 8.42 Å². The van der Waals surface area contributed by atoms with Crippen molar-refractivity contribution in [2.45, 2.75) is 11.4 Å². The second kappa shape index (κ2) is 6.34. The van der Waals surface area contributed by atoms with Gasteiger partial charge in [-0.15, -0.1) is 0 Å². The van der Waals surface area contributed by atoms with E-state index in [1.165, 1.54) is 24.3 Å². The largest absolute Gasteiger partial charge is 0.241 e. The van der Waals surface area contributed by atoms with Crippen LogP contribution < -0.4 is 4.72 Å². The van der Waals surface area contributed by atoms with Crippen molar-refractivity contribution in [2.75, 3.05) is 0 Å². The minimum Gasteiger partial charge on any atom is -0.207 e. The van der Waals surface area contributed by atoms with Gasteiger partial charge in [-0.25, -0.2) is 17.5 Å². The van der Waals surface area contributed by atoms with E-state index in [1.807, 2.05) is 0 Å². The van der Waals surface area contributed by atoms with Crippen LogP contribution in [0.5, 0.6) is 0 Å². The van der Waals surface area contributed by atoms with Crippen LogP contribution in [0.15, 0.2) is 56.3 Å². The van der Waals surface area contributed by atoms with Crippen molar-refractivity contribution < 1.29 is 12.8 Å². The van der Waals surface area contributed by atoms with Crippen LogP contribution in [0.3, 0.4) is 0 Å². The van der Waals surface area contributed by atoms with Crippen LogP contribution in [0.1, 0.15) is 5.56 Å². The van der Waals surface area contributed by atoms with Crippen LogP contribution in [0, 0.1) is 5.82 Å². The summed E-state index contributed by atoms with van der Waals surface area (Å²) in [5.74, 6) is -0.414. The second-order valence-electron chi connectivity index (χ2n) is 3.99. The predicted molar refractivity (Wildman–Crippen MR) is 82.3 cm³/mol. The van der Waals surface area contributed by atoms with E-state index in [-0.39, 0.29) is 11.4 Å². The highest BCUT2D eigenvalue weighted by Gasteiger charge is 2.17. The lowest BCUT2D eigenvalue weighted by Gasteiger charge is -2.09. The molecule has 0 spiro atoms. The molecule has 0 radical (unpaired) electrons. The molecule has 0 amide bonds. The molecular weight excluding hydrogens is 413 g/mol. The number of hydrogen-bond donors (Lipinski definition) is 1. The minimum absolute atomic E-state index is 0.00199. The Bertz CT molecular complexity index is 735. The molecule has 0 aliphatic heterocycles. The number of halogens is 3. The number of nitrogens with one attached hydrogen (secondary N) is 1. The number of hydrogen-bond acceptors (Lipinski definition) is 2. The molecule has 0 fully saturated rings. The van der Waals surface area contributed by atoms with Gasteiger partial charge in [-0.3, -0.25) is 0 Å². The first kappa shape index (κ1) is 15.6. The third-order valence-electron chi connectivity index (χ3n) is 2.59. The zero-order valence-corrected chi connectivity index (χ0v) is 14.1. The molecule has 0 saturated heterocycles. The predicted octanol–water partition coefficient (Wildman–Crippen LogP) is 3.83. The molecule has 1 N–H and O–H groups in total. The summed E-state index contributed by atoms with van der Waals surface area (Å²) in [5.41, 5.74) is 0.528. The summed E-state index contributed by atoms with van der Waals surface area (Å²) < 4.78 is 41.1. The van der Waals surface area contributed by atoms with E-state index in [4.69, 9.17) is 0 Å². The summed E-state index contributed by atoms with van der Waals surface area (Å²) in [5, 5.41) is 0. The van der Waals surface area contributed by atoms with Gasteiger partial charge in [0.1, 0.15) is 5.82 Å². The fourth-order valence-electron chi connectivity index (χ4n) is 1.59. The molecule has 0 aliphatic carbocycles. The Morgan fingerprint density at radius 2 is 1.75 bits per heavy atom. The highest BCUT2D eigenvalue weighted by molar-refractivity contribution is 9.10. The lowest BCUT2D eigenvalue weighted by atomic mass is 10.2. The maximum absolute atomic E-state index is 13.1. The van der Waals surface area contributed by atoms with Gasteiger partial charge in [0.25, 0.3) is 0 Å². The Balaban J connectivity index is 2.22. The first-order valence-corrected chi connectivity index (χ1v) is 8.65. The van der Waals surface area contributed by atoms with Gasteiger partial charge in [0, 0.05) is 15.5 Å². The lowest BCUT2D eigenvalue weighted by molar-refractivity contribution is 0.579. The van der Waals surface area contributed by atoms with Gasteiger partial charge in [-0.05, 0) is 51.8 Å². The Morgan fingerprint density at radius 1 is 1.05 bits per heavy atom. The molecule has 7 heteroatoms. The minimum atomic E-state index is -3.66. The summed E-state index contributed by atoms with van der Waals surface area (Å²) in [6.07, 6.45) is 0. The van der Waals surface area contributed by atoms with Crippen molar-refractivity contribution in [3.8, 4) is 0 Å². The monoisotopic (exact) mass is 421 g/mol. The van der Waals surface area contributed by atoms with Crippen molar-refractivity contribution in [1.29, 1.82) is 0 Å². The second-order valence-corrected chi connectivity index (χ2v) is 7.43. The van der Waals surface area contributed by atoms with Crippen LogP contribution in [0.25, 0.3) is 0 Å². The number of benzene rings is 2. The number of rotatable bonds is 4. The smallest absolute Gasteiger partial charge is 0.207 e. The van der Waals surface area contributed by atoms with Crippen LogP contribution in [0.4, 0.5) is 4.39 Å². The van der Waals surface area contributed by atoms with E-state index < -0.39 is 15.8 Å². The topological polar surface area (TPSA) is 46.2 Å². The van der Waals surface area contributed by atoms with Crippen molar-refractivity contribution in [1.82, 2.24) is 4.72 Å². The summed E-state index contributed by atoms with van der Waals surface area (Å²) in [4.78, 5) is 0.146. The summed E-state index contributed by atoms with van der Waals surface area (Å²) in [6.45, 7) is 0.00199. The normalized spacial score (nSPS) is 11.6. The van der Waals surface area contributed by atoms with Gasteiger partial charge in [-0.1, -0.05) is 28.1 Å². The molecule has 2 aromatic carbocycles. The number of sulfonamides is 1. The molecule has 0 saturated carbocycles. The van der Waals surface area contributed by atoms with E-state index >= 15 is 0 Å². The molecule has 0 heterocycles. The fourth-order valence-corrected chi connectivity index (χ4v) is 3.99. The Kier molecular flexibility index (Phi) is 4.95. The maximum Gasteiger partial charge on any atom is 0.241 e. The van der Waals surface area contributed by atoms with Crippen LogP contribution in [0.2, 0.25) is 0 Å². The highest BCUT2D eigenvalue weighted by Crippen LogP contribution is 2.22. The summed E-state index contributed by atoms with van der Waals surface area (Å²) in [7, 11) is -3.66. The van der Waals surface area contributed by atoms with Gasteiger partial charge in [0.05, 0.1) is 4.90 Å². The molecule has 2 aromatic rings. The van der Waals surface area contributed by atoms with Gasteiger partial charge in [0.15, 0.2) is 0 Å². The standard InChI is InChI=1S/C13H10Br2FNO2S/c14-11-6-5-10(16)7-9(11)8-17-20(18,19)13-4-2-1-3-12(13)15/h1-7,17H,8H2. The molecule has 0 aliphatic rings. The van der Waals surface area contributed by atoms with Crippen LogP contribution >= 0.6 is 31.9 Å². The van der Waals surface area contributed by atoms with E-state index in [9.17, 15) is 12.8 Å². The maximum atomic E-state index is 13.1. The van der Waals surface area contributed by atoms with E-state index in [2.05, 4.69) is 36.6 Å². The van der Waals surface area contributed by atoms with Gasteiger partial charge < -0.3 is 0 Å². The average molecular weight is 423 g/mol. The Labute approximate surface area is 133 Å². The molecule has 0 atom stereocenters. The van der Waals surface area contributed by atoms with E-state index in [0.717, 1.165) is 0 Å². The summed E-state index contributed by atoms with van der Waals surface area (Å²) in [6, 6.07) is 10.6. The van der Waals surface area contributed by atoms with Crippen molar-refractivity contribution in [2.24, 2.45) is 0 Å². The van der Waals surface area contributed by atoms with Crippen molar-refractivity contribution >= 4 is 41.9 Å². The molecule has 2 rings (SSSR count). The SMILES string of the molecule is O=S(=O)(NCc1cc(F)ccc1Br)c1ccccc1Br. The van der Waals surface area contributed by atoms with Gasteiger partial charge >= 0.3 is 0 Å². The van der Waals surface area contributed by atoms with Gasteiger partial charge in [-0.2, -0.15) is 0 Å². The summed E-state index contributed by atoms with van der Waals surface area (Å²) >= 11 is 6.45. The van der Waals surface area contributed by atoms with Crippen molar-refractivity contribution in [3.63, 3.8) is 0 Å². The van der Waals surface area contributed by atoms with Crippen LogP contribution in [-0.2, 0) is 16.6 Å². The van der Waals surface area contributed by atoms with E-state index in [1.54, 1.807) is 18.2 Å². The molecule has 106 valence electrons. The average Bonchev–Trinajstić information content (AvgIpc) is 2.40. The zero-order chi connectivity index (χ0) is 14.8. The molecule has 20 heavy (non-hydrogen) atoms.